The topological polar surface area (TPSA) is 57.2 Å². The monoisotopic (exact) mass is 408 g/mol. The average Bonchev–Trinajstić information content (AvgIpc) is 3.18. The minimum absolute atomic E-state index is 0.144. The minimum atomic E-state index is -1.47. The van der Waals surface area contributed by atoms with Crippen LogP contribution >= 0.6 is 23.2 Å². The molecule has 3 aliphatic rings. The van der Waals surface area contributed by atoms with Crippen LogP contribution in [0.5, 0.6) is 23.0 Å². The lowest BCUT2D eigenvalue weighted by atomic mass is 9.73. The van der Waals surface area contributed by atoms with Gasteiger partial charge < -0.3 is 24.1 Å². The summed E-state index contributed by atoms with van der Waals surface area (Å²) in [6, 6.07) is 10.8. The number of rotatable bonds is 3. The van der Waals surface area contributed by atoms with Crippen molar-refractivity contribution in [1.29, 1.82) is 0 Å². The summed E-state index contributed by atoms with van der Waals surface area (Å²) in [4.78, 5) is 0. The van der Waals surface area contributed by atoms with Gasteiger partial charge in [-0.05, 0) is 35.4 Å². The first kappa shape index (κ1) is 17.3. The van der Waals surface area contributed by atoms with Crippen LogP contribution in [0.25, 0.3) is 0 Å². The highest BCUT2D eigenvalue weighted by atomic mass is 35.5. The predicted molar refractivity (Wildman–Crippen MR) is 99.8 cm³/mol. The Labute approximate surface area is 166 Å². The standard InChI is InChI=1S/C20H18Cl2O5/c1-11-18(2,20(11,21)22)19(23,12-3-5-14-16(7-12)26-9-24-14)13-4-6-15-17(8-13)27-10-25-15/h3-8,11,23H,9-10H2,1-2H3/t11-,18-/m1/s1. The van der Waals surface area contributed by atoms with Gasteiger partial charge in [0, 0.05) is 11.3 Å². The summed E-state index contributed by atoms with van der Waals surface area (Å²) in [6.45, 7) is 4.14. The van der Waals surface area contributed by atoms with Crippen LogP contribution in [0.2, 0.25) is 0 Å². The van der Waals surface area contributed by atoms with Crippen molar-refractivity contribution in [2.75, 3.05) is 13.6 Å². The molecule has 2 aromatic carbocycles. The second-order valence-electron chi connectivity index (χ2n) is 7.39. The molecule has 0 radical (unpaired) electrons. The summed E-state index contributed by atoms with van der Waals surface area (Å²) < 4.78 is 20.7. The molecule has 5 rings (SSSR count). The Balaban J connectivity index is 1.72. The Hall–Kier alpha value is -1.82. The van der Waals surface area contributed by atoms with Crippen molar-refractivity contribution in [1.82, 2.24) is 0 Å². The number of aliphatic hydroxyl groups is 1. The van der Waals surface area contributed by atoms with Crippen molar-refractivity contribution < 1.29 is 24.1 Å². The molecular formula is C20H18Cl2O5. The van der Waals surface area contributed by atoms with Crippen LogP contribution in [-0.2, 0) is 5.60 Å². The number of halogens is 2. The Morgan fingerprint density at radius 1 is 0.889 bits per heavy atom. The second kappa shape index (κ2) is 5.37. The van der Waals surface area contributed by atoms with Crippen LogP contribution < -0.4 is 18.9 Å². The molecule has 0 spiro atoms. The molecule has 2 aromatic rings. The second-order valence-corrected chi connectivity index (χ2v) is 8.78. The van der Waals surface area contributed by atoms with Crippen LogP contribution in [0.15, 0.2) is 36.4 Å². The van der Waals surface area contributed by atoms with Crippen molar-refractivity contribution in [3.05, 3.63) is 47.5 Å². The fourth-order valence-electron chi connectivity index (χ4n) is 4.30. The van der Waals surface area contributed by atoms with E-state index in [0.29, 0.717) is 34.1 Å². The van der Waals surface area contributed by atoms with Crippen molar-refractivity contribution >= 4 is 23.2 Å². The van der Waals surface area contributed by atoms with Crippen LogP contribution in [0, 0.1) is 11.3 Å². The number of alkyl halides is 2. The predicted octanol–water partition coefficient (Wildman–Crippen LogP) is 4.21. The third-order valence-corrected chi connectivity index (χ3v) is 7.79. The number of hydrogen-bond acceptors (Lipinski definition) is 5. The molecule has 1 aliphatic carbocycles. The molecule has 0 amide bonds. The normalized spacial score (nSPS) is 26.9. The minimum Gasteiger partial charge on any atom is -0.454 e. The summed E-state index contributed by atoms with van der Waals surface area (Å²) >= 11 is 13.2. The molecule has 5 nitrogen and oxygen atoms in total. The summed E-state index contributed by atoms with van der Waals surface area (Å²) in [7, 11) is 0. The SMILES string of the molecule is C[C@H]1C(Cl)(Cl)[C@@]1(C)C(O)(c1ccc2c(c1)OCO2)c1ccc2c(c1)OCO2. The number of hydrogen-bond donors (Lipinski definition) is 1. The first-order valence-corrected chi connectivity index (χ1v) is 9.46. The summed E-state index contributed by atoms with van der Waals surface area (Å²) in [6.07, 6.45) is 0. The quantitative estimate of drug-likeness (QED) is 0.770. The molecule has 1 N–H and O–H groups in total. The van der Waals surface area contributed by atoms with E-state index in [4.69, 9.17) is 42.1 Å². The maximum absolute atomic E-state index is 12.2. The zero-order valence-electron chi connectivity index (χ0n) is 14.8. The van der Waals surface area contributed by atoms with E-state index in [2.05, 4.69) is 0 Å². The molecule has 142 valence electrons. The largest absolute Gasteiger partial charge is 0.454 e. The van der Waals surface area contributed by atoms with Gasteiger partial charge in [-0.15, -0.1) is 23.2 Å². The third kappa shape index (κ3) is 2.05. The Morgan fingerprint density at radius 3 is 1.70 bits per heavy atom. The van der Waals surface area contributed by atoms with E-state index in [0.717, 1.165) is 0 Å². The van der Waals surface area contributed by atoms with E-state index < -0.39 is 15.3 Å². The van der Waals surface area contributed by atoms with Gasteiger partial charge in [0.05, 0.1) is 0 Å². The molecular weight excluding hydrogens is 391 g/mol. The van der Waals surface area contributed by atoms with Gasteiger partial charge in [0.2, 0.25) is 13.6 Å². The van der Waals surface area contributed by atoms with Crippen LogP contribution in [0.3, 0.4) is 0 Å². The van der Waals surface area contributed by atoms with Crippen molar-refractivity contribution in [2.24, 2.45) is 11.3 Å². The molecule has 27 heavy (non-hydrogen) atoms. The lowest BCUT2D eigenvalue weighted by Crippen LogP contribution is -2.40. The highest BCUT2D eigenvalue weighted by Gasteiger charge is 2.79. The zero-order valence-corrected chi connectivity index (χ0v) is 16.3. The van der Waals surface area contributed by atoms with Gasteiger partial charge in [-0.25, -0.2) is 0 Å². The molecule has 1 fully saturated rings. The summed E-state index contributed by atoms with van der Waals surface area (Å²) in [5.41, 5.74) is -1.05. The van der Waals surface area contributed by atoms with Gasteiger partial charge in [0.15, 0.2) is 23.0 Å². The fourth-order valence-corrected chi connectivity index (χ4v) is 5.23. The Morgan fingerprint density at radius 2 is 1.30 bits per heavy atom. The van der Waals surface area contributed by atoms with Gasteiger partial charge in [-0.2, -0.15) is 0 Å². The lowest BCUT2D eigenvalue weighted by Gasteiger charge is -2.37. The zero-order chi connectivity index (χ0) is 19.0. The van der Waals surface area contributed by atoms with Crippen LogP contribution in [0.4, 0.5) is 0 Å². The molecule has 0 saturated heterocycles. The van der Waals surface area contributed by atoms with Gasteiger partial charge in [0.25, 0.3) is 0 Å². The molecule has 7 heteroatoms. The molecule has 2 atom stereocenters. The smallest absolute Gasteiger partial charge is 0.231 e. The fraction of sp³-hybridized carbons (Fsp3) is 0.400. The van der Waals surface area contributed by atoms with E-state index >= 15 is 0 Å². The van der Waals surface area contributed by atoms with Gasteiger partial charge >= 0.3 is 0 Å². The molecule has 0 aromatic heterocycles. The third-order valence-electron chi connectivity index (χ3n) is 6.35. The van der Waals surface area contributed by atoms with Gasteiger partial charge in [0.1, 0.15) is 9.93 Å². The maximum Gasteiger partial charge on any atom is 0.231 e. The lowest BCUT2D eigenvalue weighted by molar-refractivity contribution is 0.00127. The van der Waals surface area contributed by atoms with Gasteiger partial charge in [-0.3, -0.25) is 0 Å². The van der Waals surface area contributed by atoms with E-state index in [1.807, 2.05) is 26.0 Å². The highest BCUT2D eigenvalue weighted by molar-refractivity contribution is 6.52. The maximum atomic E-state index is 12.2. The molecule has 2 aliphatic heterocycles. The molecule has 0 bridgehead atoms. The van der Waals surface area contributed by atoms with Crippen LogP contribution in [0.1, 0.15) is 25.0 Å². The number of ether oxygens (including phenoxy) is 4. The van der Waals surface area contributed by atoms with Crippen molar-refractivity contribution in [3.63, 3.8) is 0 Å². The molecule has 2 heterocycles. The van der Waals surface area contributed by atoms with Crippen molar-refractivity contribution in [3.8, 4) is 23.0 Å². The number of benzene rings is 2. The molecule has 0 unspecified atom stereocenters. The van der Waals surface area contributed by atoms with Gasteiger partial charge in [-0.1, -0.05) is 26.0 Å². The summed E-state index contributed by atoms with van der Waals surface area (Å²) in [5.74, 6) is 2.30. The van der Waals surface area contributed by atoms with E-state index in [9.17, 15) is 5.11 Å². The molecule has 1 saturated carbocycles. The Bertz CT molecular complexity index is 886. The number of fused-ring (bicyclic) bond motifs is 2. The van der Waals surface area contributed by atoms with E-state index in [1.54, 1.807) is 24.3 Å². The van der Waals surface area contributed by atoms with Crippen LogP contribution in [-0.4, -0.2) is 23.0 Å². The van der Waals surface area contributed by atoms with E-state index in [1.165, 1.54) is 0 Å². The van der Waals surface area contributed by atoms with E-state index in [-0.39, 0.29) is 19.5 Å². The first-order valence-electron chi connectivity index (χ1n) is 8.70. The summed E-state index contributed by atoms with van der Waals surface area (Å²) in [5, 5.41) is 12.2. The average molecular weight is 409 g/mol. The van der Waals surface area contributed by atoms with Crippen molar-refractivity contribution in [2.45, 2.75) is 23.8 Å². The first-order chi connectivity index (χ1) is 12.8. The Kier molecular flexibility index (Phi) is 3.44. The highest BCUT2D eigenvalue weighted by Crippen LogP contribution is 2.76.